The summed E-state index contributed by atoms with van der Waals surface area (Å²) in [5, 5.41) is 4.25. The zero-order chi connectivity index (χ0) is 16.8. The summed E-state index contributed by atoms with van der Waals surface area (Å²) in [6, 6.07) is 7.39. The molecule has 0 atom stereocenters. The van der Waals surface area contributed by atoms with Crippen molar-refractivity contribution in [3.8, 4) is 0 Å². The maximum atomic E-state index is 6.24. The minimum absolute atomic E-state index is 0.492. The molecule has 0 bridgehead atoms. The summed E-state index contributed by atoms with van der Waals surface area (Å²) in [5.41, 5.74) is 1.65. The standard InChI is InChI=1S/C17H22Cl2N4/c1-4-9-23(10-5-2)17-20-12(3)11-15(22-17)21-14-8-6-7-13(18)16(14)19/h6-8,11H,4-5,9-10H2,1-3H3,(H,20,21,22). The van der Waals surface area contributed by atoms with Crippen LogP contribution in [0.4, 0.5) is 17.5 Å². The number of anilines is 3. The summed E-state index contributed by atoms with van der Waals surface area (Å²) in [5.74, 6) is 1.46. The molecule has 124 valence electrons. The number of rotatable bonds is 7. The van der Waals surface area contributed by atoms with Crippen molar-refractivity contribution < 1.29 is 0 Å². The van der Waals surface area contributed by atoms with Crippen molar-refractivity contribution in [2.45, 2.75) is 33.6 Å². The van der Waals surface area contributed by atoms with E-state index in [2.05, 4.69) is 34.0 Å². The predicted molar refractivity (Wildman–Crippen MR) is 99.3 cm³/mol. The minimum Gasteiger partial charge on any atom is -0.341 e. The number of aryl methyl sites for hydroxylation is 1. The fraction of sp³-hybridized carbons (Fsp3) is 0.412. The predicted octanol–water partition coefficient (Wildman–Crippen LogP) is 5.46. The lowest BCUT2D eigenvalue weighted by molar-refractivity contribution is 0.720. The van der Waals surface area contributed by atoms with E-state index in [-0.39, 0.29) is 0 Å². The highest BCUT2D eigenvalue weighted by Gasteiger charge is 2.11. The van der Waals surface area contributed by atoms with Crippen molar-refractivity contribution in [3.05, 3.63) is 40.0 Å². The Morgan fingerprint density at radius 2 is 1.78 bits per heavy atom. The van der Waals surface area contributed by atoms with Crippen LogP contribution in [0.25, 0.3) is 0 Å². The molecule has 1 aromatic carbocycles. The van der Waals surface area contributed by atoms with Crippen LogP contribution in [0.2, 0.25) is 10.0 Å². The topological polar surface area (TPSA) is 41.1 Å². The zero-order valence-corrected chi connectivity index (χ0v) is 15.2. The van der Waals surface area contributed by atoms with Crippen molar-refractivity contribution in [2.75, 3.05) is 23.3 Å². The summed E-state index contributed by atoms with van der Waals surface area (Å²) < 4.78 is 0. The number of nitrogens with zero attached hydrogens (tertiary/aromatic N) is 3. The van der Waals surface area contributed by atoms with E-state index in [9.17, 15) is 0 Å². The van der Waals surface area contributed by atoms with E-state index in [1.807, 2.05) is 25.1 Å². The van der Waals surface area contributed by atoms with Crippen LogP contribution in [0.3, 0.4) is 0 Å². The van der Waals surface area contributed by atoms with Crippen LogP contribution in [0.5, 0.6) is 0 Å². The van der Waals surface area contributed by atoms with Crippen LogP contribution in [-0.2, 0) is 0 Å². The molecule has 0 fully saturated rings. The van der Waals surface area contributed by atoms with E-state index in [0.717, 1.165) is 43.3 Å². The number of aromatic nitrogens is 2. The van der Waals surface area contributed by atoms with Gasteiger partial charge in [-0.05, 0) is 31.9 Å². The lowest BCUT2D eigenvalue weighted by Crippen LogP contribution is -2.27. The van der Waals surface area contributed by atoms with Crippen LogP contribution in [-0.4, -0.2) is 23.1 Å². The third-order valence-electron chi connectivity index (χ3n) is 3.33. The molecule has 0 unspecified atom stereocenters. The molecule has 0 aliphatic heterocycles. The van der Waals surface area contributed by atoms with Gasteiger partial charge in [-0.2, -0.15) is 4.98 Å². The first-order valence-corrected chi connectivity index (χ1v) is 8.62. The first-order valence-electron chi connectivity index (χ1n) is 7.86. The normalized spacial score (nSPS) is 10.7. The Bertz CT molecular complexity index is 655. The Morgan fingerprint density at radius 1 is 1.09 bits per heavy atom. The van der Waals surface area contributed by atoms with Gasteiger partial charge in [0.05, 0.1) is 15.7 Å². The summed E-state index contributed by atoms with van der Waals surface area (Å²) in [6.07, 6.45) is 2.11. The maximum Gasteiger partial charge on any atom is 0.227 e. The first-order chi connectivity index (χ1) is 11.0. The van der Waals surface area contributed by atoms with Crippen molar-refractivity contribution >= 4 is 40.7 Å². The molecule has 0 amide bonds. The van der Waals surface area contributed by atoms with Gasteiger partial charge >= 0.3 is 0 Å². The molecular formula is C17H22Cl2N4. The van der Waals surface area contributed by atoms with E-state index in [0.29, 0.717) is 15.9 Å². The second kappa shape index (κ2) is 8.37. The summed E-state index contributed by atoms with van der Waals surface area (Å²) in [7, 11) is 0. The Hall–Kier alpha value is -1.52. The van der Waals surface area contributed by atoms with Gasteiger partial charge in [0, 0.05) is 24.8 Å². The molecule has 0 aliphatic carbocycles. The number of hydrogen-bond donors (Lipinski definition) is 1. The molecule has 6 heteroatoms. The molecule has 2 rings (SSSR count). The molecule has 0 spiro atoms. The highest BCUT2D eigenvalue weighted by atomic mass is 35.5. The third-order valence-corrected chi connectivity index (χ3v) is 4.15. The van der Waals surface area contributed by atoms with Gasteiger partial charge in [0.25, 0.3) is 0 Å². The lowest BCUT2D eigenvalue weighted by Gasteiger charge is -2.22. The van der Waals surface area contributed by atoms with Gasteiger partial charge in [-0.15, -0.1) is 0 Å². The summed E-state index contributed by atoms with van der Waals surface area (Å²) in [6.45, 7) is 8.15. The quantitative estimate of drug-likeness (QED) is 0.717. The average molecular weight is 353 g/mol. The molecule has 4 nitrogen and oxygen atoms in total. The number of halogens is 2. The van der Waals surface area contributed by atoms with Gasteiger partial charge in [0.1, 0.15) is 5.82 Å². The number of benzene rings is 1. The molecular weight excluding hydrogens is 331 g/mol. The van der Waals surface area contributed by atoms with E-state index in [4.69, 9.17) is 23.2 Å². The van der Waals surface area contributed by atoms with E-state index < -0.39 is 0 Å². The lowest BCUT2D eigenvalue weighted by atomic mass is 10.3. The van der Waals surface area contributed by atoms with Gasteiger partial charge in [-0.1, -0.05) is 43.1 Å². The van der Waals surface area contributed by atoms with E-state index in [1.165, 1.54) is 0 Å². The molecule has 23 heavy (non-hydrogen) atoms. The second-order valence-electron chi connectivity index (χ2n) is 5.41. The van der Waals surface area contributed by atoms with E-state index >= 15 is 0 Å². The van der Waals surface area contributed by atoms with Gasteiger partial charge in [0.2, 0.25) is 5.95 Å². The second-order valence-corrected chi connectivity index (χ2v) is 6.19. The Balaban J connectivity index is 2.31. The average Bonchev–Trinajstić information content (AvgIpc) is 2.51. The summed E-state index contributed by atoms with van der Waals surface area (Å²) in [4.78, 5) is 11.4. The van der Waals surface area contributed by atoms with Crippen LogP contribution < -0.4 is 10.2 Å². The fourth-order valence-corrected chi connectivity index (χ4v) is 2.70. The number of hydrogen-bond acceptors (Lipinski definition) is 4. The summed E-state index contributed by atoms with van der Waals surface area (Å²) >= 11 is 12.3. The highest BCUT2D eigenvalue weighted by Crippen LogP contribution is 2.31. The monoisotopic (exact) mass is 352 g/mol. The third kappa shape index (κ3) is 4.72. The molecule has 2 aromatic rings. The zero-order valence-electron chi connectivity index (χ0n) is 13.7. The minimum atomic E-state index is 0.492. The first kappa shape index (κ1) is 17.8. The van der Waals surface area contributed by atoms with Crippen molar-refractivity contribution in [1.29, 1.82) is 0 Å². The van der Waals surface area contributed by atoms with Gasteiger partial charge in [-0.25, -0.2) is 4.98 Å². The van der Waals surface area contributed by atoms with Gasteiger partial charge in [-0.3, -0.25) is 0 Å². The van der Waals surface area contributed by atoms with Crippen molar-refractivity contribution in [3.63, 3.8) is 0 Å². The molecule has 1 aromatic heterocycles. The van der Waals surface area contributed by atoms with Crippen LogP contribution >= 0.6 is 23.2 Å². The fourth-order valence-electron chi connectivity index (χ4n) is 2.35. The SMILES string of the molecule is CCCN(CCC)c1nc(C)cc(Nc2cccc(Cl)c2Cl)n1. The smallest absolute Gasteiger partial charge is 0.227 e. The van der Waals surface area contributed by atoms with Gasteiger partial charge < -0.3 is 10.2 Å². The number of nitrogens with one attached hydrogen (secondary N) is 1. The van der Waals surface area contributed by atoms with Gasteiger partial charge in [0.15, 0.2) is 0 Å². The molecule has 0 radical (unpaired) electrons. The molecule has 0 aliphatic rings. The Morgan fingerprint density at radius 3 is 2.43 bits per heavy atom. The maximum absolute atomic E-state index is 6.24. The van der Waals surface area contributed by atoms with Crippen LogP contribution in [0.1, 0.15) is 32.4 Å². The largest absolute Gasteiger partial charge is 0.341 e. The Labute approximate surface area is 147 Å². The molecule has 0 saturated heterocycles. The van der Waals surface area contributed by atoms with Crippen molar-refractivity contribution in [2.24, 2.45) is 0 Å². The van der Waals surface area contributed by atoms with Crippen molar-refractivity contribution in [1.82, 2.24) is 9.97 Å². The van der Waals surface area contributed by atoms with E-state index in [1.54, 1.807) is 6.07 Å². The van der Waals surface area contributed by atoms with Crippen LogP contribution in [0, 0.1) is 6.92 Å². The Kier molecular flexibility index (Phi) is 6.48. The molecule has 1 heterocycles. The molecule has 1 N–H and O–H groups in total. The van der Waals surface area contributed by atoms with Crippen LogP contribution in [0.15, 0.2) is 24.3 Å². The highest BCUT2D eigenvalue weighted by molar-refractivity contribution is 6.43. The molecule has 0 saturated carbocycles.